The van der Waals surface area contributed by atoms with Gasteiger partial charge in [0.2, 0.25) is 0 Å². The third-order valence-corrected chi connectivity index (χ3v) is 3.13. The van der Waals surface area contributed by atoms with Gasteiger partial charge in [0.05, 0.1) is 5.56 Å². The summed E-state index contributed by atoms with van der Waals surface area (Å²) in [6.07, 6.45) is 8.03. The van der Waals surface area contributed by atoms with Gasteiger partial charge in [-0.1, -0.05) is 44.2 Å². The molecule has 0 radical (unpaired) electrons. The number of rotatable bonds is 8. The summed E-state index contributed by atoms with van der Waals surface area (Å²) in [5.74, 6) is 0.521. The fourth-order valence-electron chi connectivity index (χ4n) is 1.78. The van der Waals surface area contributed by atoms with E-state index >= 15 is 0 Å². The minimum Gasteiger partial charge on any atom is -0.367 e. The van der Waals surface area contributed by atoms with Crippen molar-refractivity contribution in [3.05, 3.63) is 17.0 Å². The fraction of sp³-hybridized carbons (Fsp3) is 0.615. The first-order chi connectivity index (χ1) is 8.69. The van der Waals surface area contributed by atoms with E-state index in [-0.39, 0.29) is 11.2 Å². The van der Waals surface area contributed by atoms with Crippen molar-refractivity contribution in [1.82, 2.24) is 9.97 Å². The van der Waals surface area contributed by atoms with Gasteiger partial charge < -0.3 is 5.32 Å². The zero-order valence-corrected chi connectivity index (χ0v) is 11.7. The van der Waals surface area contributed by atoms with Gasteiger partial charge in [-0.15, -0.1) is 0 Å². The van der Waals surface area contributed by atoms with Crippen LogP contribution >= 0.6 is 11.6 Å². The van der Waals surface area contributed by atoms with E-state index in [4.69, 9.17) is 11.6 Å². The van der Waals surface area contributed by atoms with E-state index in [0.717, 1.165) is 6.42 Å². The Morgan fingerprint density at radius 1 is 1.39 bits per heavy atom. The first-order valence-electron chi connectivity index (χ1n) is 6.41. The molecule has 1 unspecified atom stereocenters. The molecule has 0 amide bonds. The maximum absolute atomic E-state index is 10.9. The molecule has 0 saturated carbocycles. The number of anilines is 1. The molecule has 0 aliphatic heterocycles. The average molecular weight is 270 g/mol. The predicted octanol–water partition coefficient (Wildman–Crippen LogP) is 3.71. The SMILES string of the molecule is CCCCCCC(C)Nc1ncnc(Cl)c1C=O. The lowest BCUT2D eigenvalue weighted by Crippen LogP contribution is -2.17. The van der Waals surface area contributed by atoms with Gasteiger partial charge in [0.15, 0.2) is 6.29 Å². The third-order valence-electron chi connectivity index (χ3n) is 2.83. The number of hydrogen-bond acceptors (Lipinski definition) is 4. The fourth-order valence-corrected chi connectivity index (χ4v) is 1.95. The highest BCUT2D eigenvalue weighted by Gasteiger charge is 2.11. The van der Waals surface area contributed by atoms with Gasteiger partial charge in [-0.25, -0.2) is 9.97 Å². The first kappa shape index (κ1) is 14.9. The summed E-state index contributed by atoms with van der Waals surface area (Å²) in [6, 6.07) is 0.270. The molecule has 0 aliphatic rings. The highest BCUT2D eigenvalue weighted by Crippen LogP contribution is 2.19. The highest BCUT2D eigenvalue weighted by molar-refractivity contribution is 6.32. The van der Waals surface area contributed by atoms with Crippen molar-refractivity contribution in [2.75, 3.05) is 5.32 Å². The summed E-state index contributed by atoms with van der Waals surface area (Å²) >= 11 is 5.84. The van der Waals surface area contributed by atoms with Crippen molar-refractivity contribution >= 4 is 23.7 Å². The number of carbonyl (C=O) groups is 1. The summed E-state index contributed by atoms with van der Waals surface area (Å²) in [7, 11) is 0. The van der Waals surface area contributed by atoms with Crippen LogP contribution in [0.4, 0.5) is 5.82 Å². The van der Waals surface area contributed by atoms with E-state index in [1.165, 1.54) is 32.0 Å². The van der Waals surface area contributed by atoms with Crippen LogP contribution in [-0.4, -0.2) is 22.3 Å². The van der Waals surface area contributed by atoms with E-state index in [2.05, 4.69) is 29.1 Å². The zero-order chi connectivity index (χ0) is 13.4. The van der Waals surface area contributed by atoms with Crippen molar-refractivity contribution in [2.45, 2.75) is 52.0 Å². The van der Waals surface area contributed by atoms with Crippen LogP contribution in [0.25, 0.3) is 0 Å². The lowest BCUT2D eigenvalue weighted by molar-refractivity contribution is 0.112. The molecule has 18 heavy (non-hydrogen) atoms. The second kappa shape index (κ2) is 8.03. The molecular weight excluding hydrogens is 250 g/mol. The van der Waals surface area contributed by atoms with Crippen LogP contribution in [0.15, 0.2) is 6.33 Å². The largest absolute Gasteiger partial charge is 0.367 e. The molecule has 5 heteroatoms. The number of carbonyl (C=O) groups excluding carboxylic acids is 1. The van der Waals surface area contributed by atoms with Crippen molar-refractivity contribution < 1.29 is 4.79 Å². The van der Waals surface area contributed by atoms with Crippen LogP contribution in [0.1, 0.15) is 56.3 Å². The van der Waals surface area contributed by atoms with E-state index in [9.17, 15) is 4.79 Å². The number of aromatic nitrogens is 2. The molecule has 0 fully saturated rings. The smallest absolute Gasteiger partial charge is 0.156 e. The van der Waals surface area contributed by atoms with Crippen LogP contribution in [0, 0.1) is 0 Å². The standard InChI is InChI=1S/C13H20ClN3O/c1-3-4-5-6-7-10(2)17-13-11(8-18)12(14)15-9-16-13/h8-10H,3-7H2,1-2H3,(H,15,16,17). The maximum atomic E-state index is 10.9. The molecule has 0 aromatic carbocycles. The summed E-state index contributed by atoms with van der Waals surface area (Å²) in [4.78, 5) is 18.8. The summed E-state index contributed by atoms with van der Waals surface area (Å²) in [6.45, 7) is 4.28. The Balaban J connectivity index is 2.51. The van der Waals surface area contributed by atoms with Gasteiger partial charge in [-0.05, 0) is 13.3 Å². The minimum absolute atomic E-state index is 0.195. The quantitative estimate of drug-likeness (QED) is 0.444. The Labute approximate surface area is 113 Å². The lowest BCUT2D eigenvalue weighted by Gasteiger charge is -2.15. The highest BCUT2D eigenvalue weighted by atomic mass is 35.5. The van der Waals surface area contributed by atoms with Gasteiger partial charge in [-0.3, -0.25) is 4.79 Å². The molecule has 1 rings (SSSR count). The number of halogens is 1. The maximum Gasteiger partial charge on any atom is 0.156 e. The van der Waals surface area contributed by atoms with Crippen LogP contribution in [0.2, 0.25) is 5.15 Å². The third kappa shape index (κ3) is 4.61. The first-order valence-corrected chi connectivity index (χ1v) is 6.79. The Kier molecular flexibility index (Phi) is 6.65. The molecule has 1 aromatic rings. The second-order valence-corrected chi connectivity index (χ2v) is 4.80. The number of aldehydes is 1. The molecule has 1 atom stereocenters. The number of nitrogens with zero attached hydrogens (tertiary/aromatic N) is 2. The molecule has 1 N–H and O–H groups in total. The molecule has 100 valence electrons. The monoisotopic (exact) mass is 269 g/mol. The topological polar surface area (TPSA) is 54.9 Å². The molecule has 1 heterocycles. The van der Waals surface area contributed by atoms with Crippen molar-refractivity contribution in [3.8, 4) is 0 Å². The minimum atomic E-state index is 0.195. The van der Waals surface area contributed by atoms with Gasteiger partial charge in [0.1, 0.15) is 17.3 Å². The van der Waals surface area contributed by atoms with E-state index < -0.39 is 0 Å². The Hall–Kier alpha value is -1.16. The summed E-state index contributed by atoms with van der Waals surface area (Å²) in [5.41, 5.74) is 0.333. The van der Waals surface area contributed by atoms with E-state index in [1.54, 1.807) is 0 Å². The lowest BCUT2D eigenvalue weighted by atomic mass is 10.1. The van der Waals surface area contributed by atoms with Crippen LogP contribution in [0.5, 0.6) is 0 Å². The second-order valence-electron chi connectivity index (χ2n) is 4.44. The molecule has 0 saturated heterocycles. The molecule has 4 nitrogen and oxygen atoms in total. The van der Waals surface area contributed by atoms with Gasteiger partial charge in [0.25, 0.3) is 0 Å². The van der Waals surface area contributed by atoms with Crippen LogP contribution < -0.4 is 5.32 Å². The summed E-state index contributed by atoms with van der Waals surface area (Å²) < 4.78 is 0. The number of unbranched alkanes of at least 4 members (excludes halogenated alkanes) is 3. The predicted molar refractivity (Wildman–Crippen MR) is 74.3 cm³/mol. The molecule has 1 aromatic heterocycles. The molecular formula is C13H20ClN3O. The number of hydrogen-bond donors (Lipinski definition) is 1. The summed E-state index contributed by atoms with van der Waals surface area (Å²) in [5, 5.41) is 3.41. The number of nitrogens with one attached hydrogen (secondary N) is 1. The van der Waals surface area contributed by atoms with Gasteiger partial charge in [0, 0.05) is 6.04 Å². The van der Waals surface area contributed by atoms with Gasteiger partial charge >= 0.3 is 0 Å². The van der Waals surface area contributed by atoms with E-state index in [0.29, 0.717) is 17.7 Å². The van der Waals surface area contributed by atoms with Crippen LogP contribution in [0.3, 0.4) is 0 Å². The van der Waals surface area contributed by atoms with Crippen molar-refractivity contribution in [2.24, 2.45) is 0 Å². The molecule has 0 spiro atoms. The normalized spacial score (nSPS) is 12.2. The average Bonchev–Trinajstić information content (AvgIpc) is 2.35. The Morgan fingerprint density at radius 3 is 2.83 bits per heavy atom. The van der Waals surface area contributed by atoms with E-state index in [1.807, 2.05) is 0 Å². The Morgan fingerprint density at radius 2 is 2.17 bits per heavy atom. The van der Waals surface area contributed by atoms with Crippen molar-refractivity contribution in [3.63, 3.8) is 0 Å². The van der Waals surface area contributed by atoms with Crippen molar-refractivity contribution in [1.29, 1.82) is 0 Å². The Bertz CT molecular complexity index is 384. The van der Waals surface area contributed by atoms with Crippen LogP contribution in [-0.2, 0) is 0 Å². The molecule has 0 bridgehead atoms. The van der Waals surface area contributed by atoms with Gasteiger partial charge in [-0.2, -0.15) is 0 Å². The zero-order valence-electron chi connectivity index (χ0n) is 10.9. The molecule has 0 aliphatic carbocycles.